The summed E-state index contributed by atoms with van der Waals surface area (Å²) in [5, 5.41) is 7.60. The second-order valence-corrected chi connectivity index (χ2v) is 6.21. The number of nitrogens with zero attached hydrogens (tertiary/aromatic N) is 2. The molecule has 0 spiro atoms. The molecule has 0 aliphatic carbocycles. The van der Waals surface area contributed by atoms with Crippen molar-refractivity contribution >= 4 is 40.8 Å². The van der Waals surface area contributed by atoms with Crippen molar-refractivity contribution in [3.8, 4) is 0 Å². The molecule has 0 saturated carbocycles. The van der Waals surface area contributed by atoms with Gasteiger partial charge in [-0.25, -0.2) is 4.68 Å². The third-order valence-corrected chi connectivity index (χ3v) is 4.24. The Kier molecular flexibility index (Phi) is 5.14. The maximum atomic E-state index is 12.0. The summed E-state index contributed by atoms with van der Waals surface area (Å²) in [4.78, 5) is 12.8. The number of benzene rings is 1. The molecule has 1 amide bonds. The zero-order chi connectivity index (χ0) is 15.4. The molecule has 5 nitrogen and oxygen atoms in total. The van der Waals surface area contributed by atoms with Crippen molar-refractivity contribution in [2.24, 2.45) is 0 Å². The highest BCUT2D eigenvalue weighted by atomic mass is 35.5. The second kappa shape index (κ2) is 6.87. The van der Waals surface area contributed by atoms with Gasteiger partial charge in [0.15, 0.2) is 0 Å². The summed E-state index contributed by atoms with van der Waals surface area (Å²) in [6.07, 6.45) is 1.66. The van der Waals surface area contributed by atoms with Crippen LogP contribution < -0.4 is 11.1 Å². The first-order valence-corrected chi connectivity index (χ1v) is 7.85. The number of hydrogen-bond acceptors (Lipinski definition) is 4. The topological polar surface area (TPSA) is 72.9 Å². The fourth-order valence-corrected chi connectivity index (χ4v) is 2.84. The number of nitrogen functional groups attached to an aromatic ring is 1. The number of hydrogen-bond donors (Lipinski definition) is 2. The summed E-state index contributed by atoms with van der Waals surface area (Å²) in [7, 11) is 0. The van der Waals surface area contributed by atoms with Crippen LogP contribution in [-0.2, 0) is 4.79 Å². The van der Waals surface area contributed by atoms with Crippen LogP contribution in [0.1, 0.15) is 19.9 Å². The zero-order valence-corrected chi connectivity index (χ0v) is 13.4. The molecular weight excluding hydrogens is 308 g/mol. The molecule has 0 atom stereocenters. The number of thioether (sulfide) groups is 1. The average molecular weight is 325 g/mol. The lowest BCUT2D eigenvalue weighted by Gasteiger charge is -2.12. The van der Waals surface area contributed by atoms with Crippen molar-refractivity contribution in [2.75, 3.05) is 16.8 Å². The molecule has 7 heteroatoms. The molecule has 0 saturated heterocycles. The van der Waals surface area contributed by atoms with E-state index in [1.165, 1.54) is 11.8 Å². The molecule has 2 rings (SSSR count). The molecule has 112 valence electrons. The summed E-state index contributed by atoms with van der Waals surface area (Å²) in [5.74, 6) is 0.835. The molecule has 0 bridgehead atoms. The molecular formula is C14H17ClN4OS. The number of nitrogens with one attached hydrogen (secondary N) is 1. The maximum Gasteiger partial charge on any atom is 0.235 e. The Hall–Kier alpha value is -1.66. The summed E-state index contributed by atoms with van der Waals surface area (Å²) in [6.45, 7) is 4.01. The highest BCUT2D eigenvalue weighted by molar-refractivity contribution is 8.00. The van der Waals surface area contributed by atoms with Crippen LogP contribution >= 0.6 is 23.4 Å². The van der Waals surface area contributed by atoms with Gasteiger partial charge in [-0.05, 0) is 32.0 Å². The Morgan fingerprint density at radius 1 is 1.48 bits per heavy atom. The number of rotatable bonds is 5. The van der Waals surface area contributed by atoms with Gasteiger partial charge < -0.3 is 11.1 Å². The molecule has 2 aromatic rings. The van der Waals surface area contributed by atoms with Crippen molar-refractivity contribution in [2.45, 2.75) is 24.8 Å². The Balaban J connectivity index is 1.96. The lowest BCUT2D eigenvalue weighted by molar-refractivity contribution is -0.113. The lowest BCUT2D eigenvalue weighted by atomic mass is 10.3. The monoisotopic (exact) mass is 324 g/mol. The number of amides is 1. The maximum absolute atomic E-state index is 12.0. The van der Waals surface area contributed by atoms with Gasteiger partial charge in [-0.2, -0.15) is 5.10 Å². The highest BCUT2D eigenvalue weighted by Gasteiger charge is 2.11. The van der Waals surface area contributed by atoms with Crippen LogP contribution in [0.15, 0.2) is 35.4 Å². The molecule has 0 fully saturated rings. The summed E-state index contributed by atoms with van der Waals surface area (Å²) < 4.78 is 1.76. The first kappa shape index (κ1) is 15.7. The van der Waals surface area contributed by atoms with Crippen LogP contribution in [0.2, 0.25) is 5.02 Å². The van der Waals surface area contributed by atoms with E-state index in [2.05, 4.69) is 10.4 Å². The van der Waals surface area contributed by atoms with Crippen LogP contribution in [0.25, 0.3) is 0 Å². The van der Waals surface area contributed by atoms with E-state index in [1.54, 1.807) is 35.1 Å². The van der Waals surface area contributed by atoms with Gasteiger partial charge in [0.25, 0.3) is 0 Å². The first-order valence-electron chi connectivity index (χ1n) is 6.48. The van der Waals surface area contributed by atoms with Gasteiger partial charge in [0.2, 0.25) is 5.91 Å². The minimum absolute atomic E-state index is 0.110. The molecule has 0 unspecified atom stereocenters. The van der Waals surface area contributed by atoms with E-state index in [-0.39, 0.29) is 17.7 Å². The standard InChI is InChI=1S/C14H17ClN4OS/c1-9(2)19-13(5-6-17-19)18-14(20)8-21-12-7-10(16)3-4-11(12)15/h3-7,9H,8,16H2,1-2H3,(H,18,20). The number of carbonyl (C=O) groups excluding carboxylic acids is 1. The van der Waals surface area contributed by atoms with Crippen molar-refractivity contribution in [1.29, 1.82) is 0 Å². The van der Waals surface area contributed by atoms with Crippen molar-refractivity contribution in [1.82, 2.24) is 9.78 Å². The Morgan fingerprint density at radius 2 is 2.24 bits per heavy atom. The number of anilines is 2. The highest BCUT2D eigenvalue weighted by Crippen LogP contribution is 2.29. The number of halogens is 1. The minimum atomic E-state index is -0.110. The first-order chi connectivity index (χ1) is 9.97. The van der Waals surface area contributed by atoms with Gasteiger partial charge in [0.05, 0.1) is 17.0 Å². The summed E-state index contributed by atoms with van der Waals surface area (Å²) in [6, 6.07) is 7.18. The van der Waals surface area contributed by atoms with E-state index in [0.29, 0.717) is 16.5 Å². The molecule has 1 aromatic carbocycles. The van der Waals surface area contributed by atoms with Crippen LogP contribution in [-0.4, -0.2) is 21.4 Å². The Labute approximate surface area is 132 Å². The minimum Gasteiger partial charge on any atom is -0.399 e. The largest absolute Gasteiger partial charge is 0.399 e. The van der Waals surface area contributed by atoms with E-state index < -0.39 is 0 Å². The molecule has 1 heterocycles. The van der Waals surface area contributed by atoms with Crippen molar-refractivity contribution in [3.63, 3.8) is 0 Å². The average Bonchev–Trinajstić information content (AvgIpc) is 2.88. The third-order valence-electron chi connectivity index (χ3n) is 2.74. The van der Waals surface area contributed by atoms with Crippen LogP contribution in [0.3, 0.4) is 0 Å². The van der Waals surface area contributed by atoms with Crippen molar-refractivity contribution < 1.29 is 4.79 Å². The van der Waals surface area contributed by atoms with Gasteiger partial charge in [-0.1, -0.05) is 11.6 Å². The Bertz CT molecular complexity index is 642. The molecule has 0 radical (unpaired) electrons. The van der Waals surface area contributed by atoms with Crippen molar-refractivity contribution in [3.05, 3.63) is 35.5 Å². The van der Waals surface area contributed by atoms with Gasteiger partial charge in [-0.15, -0.1) is 11.8 Å². The lowest BCUT2D eigenvalue weighted by Crippen LogP contribution is -2.18. The van der Waals surface area contributed by atoms with Gasteiger partial charge in [-0.3, -0.25) is 4.79 Å². The number of carbonyl (C=O) groups is 1. The molecule has 3 N–H and O–H groups in total. The predicted molar refractivity (Wildman–Crippen MR) is 87.8 cm³/mol. The van der Waals surface area contributed by atoms with E-state index in [4.69, 9.17) is 17.3 Å². The molecule has 0 aliphatic rings. The van der Waals surface area contributed by atoms with Crippen LogP contribution in [0.4, 0.5) is 11.5 Å². The van der Waals surface area contributed by atoms with Crippen LogP contribution in [0.5, 0.6) is 0 Å². The van der Waals surface area contributed by atoms with Gasteiger partial charge in [0, 0.05) is 22.7 Å². The van der Waals surface area contributed by atoms with Gasteiger partial charge in [0.1, 0.15) is 5.82 Å². The Morgan fingerprint density at radius 3 is 2.95 bits per heavy atom. The summed E-state index contributed by atoms with van der Waals surface area (Å²) in [5.41, 5.74) is 6.34. The molecule has 21 heavy (non-hydrogen) atoms. The zero-order valence-electron chi connectivity index (χ0n) is 11.8. The smallest absolute Gasteiger partial charge is 0.235 e. The quantitative estimate of drug-likeness (QED) is 0.653. The molecule has 1 aromatic heterocycles. The number of aromatic nitrogens is 2. The van der Waals surface area contributed by atoms with Crippen LogP contribution in [0, 0.1) is 0 Å². The second-order valence-electron chi connectivity index (χ2n) is 4.78. The fraction of sp³-hybridized carbons (Fsp3) is 0.286. The van der Waals surface area contributed by atoms with E-state index in [1.807, 2.05) is 13.8 Å². The SMILES string of the molecule is CC(C)n1nccc1NC(=O)CSc1cc(N)ccc1Cl. The van der Waals surface area contributed by atoms with E-state index in [9.17, 15) is 4.79 Å². The summed E-state index contributed by atoms with van der Waals surface area (Å²) >= 11 is 7.42. The fourth-order valence-electron chi connectivity index (χ4n) is 1.78. The van der Waals surface area contributed by atoms with E-state index in [0.717, 1.165) is 4.90 Å². The third kappa shape index (κ3) is 4.15. The molecule has 0 aliphatic heterocycles. The predicted octanol–water partition coefficient (Wildman–Crippen LogP) is 3.43. The number of nitrogens with two attached hydrogens (primary N) is 1. The normalized spacial score (nSPS) is 10.9. The van der Waals surface area contributed by atoms with Gasteiger partial charge >= 0.3 is 0 Å². The van der Waals surface area contributed by atoms with E-state index >= 15 is 0 Å².